The molecule has 1 unspecified atom stereocenters. The first-order valence-electron chi connectivity index (χ1n) is 9.26. The summed E-state index contributed by atoms with van der Waals surface area (Å²) in [4.78, 5) is 18.6. The third kappa shape index (κ3) is 3.38. The number of nitrogens with one attached hydrogen (secondary N) is 1. The molecule has 3 aromatic rings. The Hall–Kier alpha value is -2.23. The van der Waals surface area contributed by atoms with Crippen molar-refractivity contribution in [3.8, 4) is 0 Å². The summed E-state index contributed by atoms with van der Waals surface area (Å²) in [6.45, 7) is 6.16. The second kappa shape index (κ2) is 7.06. The fraction of sp³-hybridized carbons (Fsp3) is 0.500. The smallest absolute Gasteiger partial charge is 0.185 e. The molecular formula is C18H23N7OS. The van der Waals surface area contributed by atoms with Gasteiger partial charge in [-0.25, -0.2) is 9.97 Å². The van der Waals surface area contributed by atoms with Crippen molar-refractivity contribution in [2.75, 3.05) is 37.7 Å². The third-order valence-corrected chi connectivity index (χ3v) is 6.28. The molecule has 0 amide bonds. The fourth-order valence-electron chi connectivity index (χ4n) is 3.89. The third-order valence-electron chi connectivity index (χ3n) is 5.23. The fourth-order valence-corrected chi connectivity index (χ4v) is 4.89. The number of ether oxygens (including phenoxy) is 1. The monoisotopic (exact) mass is 385 g/mol. The van der Waals surface area contributed by atoms with Gasteiger partial charge in [-0.05, 0) is 0 Å². The maximum Gasteiger partial charge on any atom is 0.185 e. The van der Waals surface area contributed by atoms with Gasteiger partial charge in [0.1, 0.15) is 0 Å². The van der Waals surface area contributed by atoms with E-state index in [1.165, 1.54) is 16.1 Å². The molecule has 0 spiro atoms. The van der Waals surface area contributed by atoms with Crippen LogP contribution in [0.15, 0.2) is 24.9 Å². The number of thiazole rings is 1. The van der Waals surface area contributed by atoms with E-state index < -0.39 is 0 Å². The molecule has 0 bridgehead atoms. The SMILES string of the molecule is Cn1cc(C2CN(Cc3cnc(N4CCOCC4)s3)Cc3[nH]cnc32)cn1. The minimum Gasteiger partial charge on any atom is -0.378 e. The molecule has 2 aliphatic rings. The number of aromatic amines is 1. The van der Waals surface area contributed by atoms with Gasteiger partial charge in [0, 0.05) is 68.5 Å². The van der Waals surface area contributed by atoms with Gasteiger partial charge in [-0.3, -0.25) is 9.58 Å². The second-order valence-corrected chi connectivity index (χ2v) is 8.24. The van der Waals surface area contributed by atoms with Gasteiger partial charge in [-0.15, -0.1) is 11.3 Å². The molecule has 1 N–H and O–H groups in total. The maximum atomic E-state index is 5.44. The molecule has 3 aromatic heterocycles. The van der Waals surface area contributed by atoms with Gasteiger partial charge in [0.05, 0.1) is 37.1 Å². The van der Waals surface area contributed by atoms with E-state index in [9.17, 15) is 0 Å². The summed E-state index contributed by atoms with van der Waals surface area (Å²) in [6.07, 6.45) is 7.88. The highest BCUT2D eigenvalue weighted by molar-refractivity contribution is 7.15. The van der Waals surface area contributed by atoms with E-state index >= 15 is 0 Å². The number of aromatic nitrogens is 5. The number of hydrogen-bond donors (Lipinski definition) is 1. The molecule has 9 heteroatoms. The van der Waals surface area contributed by atoms with Crippen molar-refractivity contribution in [1.82, 2.24) is 29.6 Å². The molecule has 27 heavy (non-hydrogen) atoms. The Balaban J connectivity index is 1.33. The summed E-state index contributed by atoms with van der Waals surface area (Å²) in [5.41, 5.74) is 3.57. The molecule has 0 radical (unpaired) electrons. The van der Waals surface area contributed by atoms with Crippen LogP contribution >= 0.6 is 11.3 Å². The van der Waals surface area contributed by atoms with E-state index in [0.717, 1.165) is 56.8 Å². The lowest BCUT2D eigenvalue weighted by Crippen LogP contribution is -2.36. The molecule has 2 aliphatic heterocycles. The molecule has 1 fully saturated rings. The van der Waals surface area contributed by atoms with Gasteiger partial charge >= 0.3 is 0 Å². The zero-order valence-electron chi connectivity index (χ0n) is 15.3. The lowest BCUT2D eigenvalue weighted by Gasteiger charge is -2.31. The predicted molar refractivity (Wildman–Crippen MR) is 103 cm³/mol. The maximum absolute atomic E-state index is 5.44. The Kier molecular flexibility index (Phi) is 4.42. The second-order valence-electron chi connectivity index (χ2n) is 7.14. The van der Waals surface area contributed by atoms with Gasteiger partial charge in [0.2, 0.25) is 0 Å². The van der Waals surface area contributed by atoms with Crippen LogP contribution in [0.1, 0.15) is 27.7 Å². The van der Waals surface area contributed by atoms with Gasteiger partial charge < -0.3 is 14.6 Å². The first-order valence-corrected chi connectivity index (χ1v) is 10.1. The van der Waals surface area contributed by atoms with E-state index in [4.69, 9.17) is 4.74 Å². The van der Waals surface area contributed by atoms with Crippen molar-refractivity contribution in [2.45, 2.75) is 19.0 Å². The molecule has 0 saturated carbocycles. The summed E-state index contributed by atoms with van der Waals surface area (Å²) in [7, 11) is 1.96. The van der Waals surface area contributed by atoms with Crippen LogP contribution in [0, 0.1) is 0 Å². The Morgan fingerprint density at radius 3 is 2.96 bits per heavy atom. The molecular weight excluding hydrogens is 362 g/mol. The van der Waals surface area contributed by atoms with Crippen molar-refractivity contribution < 1.29 is 4.74 Å². The normalized spacial score (nSPS) is 20.8. The van der Waals surface area contributed by atoms with E-state index in [0.29, 0.717) is 0 Å². The average Bonchev–Trinajstić information content (AvgIpc) is 3.42. The minimum absolute atomic E-state index is 0.250. The Morgan fingerprint density at radius 2 is 2.15 bits per heavy atom. The first-order chi connectivity index (χ1) is 13.3. The molecule has 142 valence electrons. The van der Waals surface area contributed by atoms with Crippen LogP contribution in [-0.4, -0.2) is 62.5 Å². The molecule has 0 aromatic carbocycles. The number of imidazole rings is 1. The topological polar surface area (TPSA) is 75.1 Å². The summed E-state index contributed by atoms with van der Waals surface area (Å²) in [5.74, 6) is 0.250. The number of nitrogens with zero attached hydrogens (tertiary/aromatic N) is 6. The number of morpholine rings is 1. The van der Waals surface area contributed by atoms with E-state index in [1.54, 1.807) is 17.7 Å². The van der Waals surface area contributed by atoms with Gasteiger partial charge in [0.15, 0.2) is 5.13 Å². The minimum atomic E-state index is 0.250. The van der Waals surface area contributed by atoms with Crippen molar-refractivity contribution in [2.24, 2.45) is 7.05 Å². The molecule has 1 atom stereocenters. The van der Waals surface area contributed by atoms with Crippen molar-refractivity contribution in [3.63, 3.8) is 0 Å². The molecule has 8 nitrogen and oxygen atoms in total. The largest absolute Gasteiger partial charge is 0.378 e. The summed E-state index contributed by atoms with van der Waals surface area (Å²) < 4.78 is 7.30. The van der Waals surface area contributed by atoms with Crippen LogP contribution in [0.3, 0.4) is 0 Å². The van der Waals surface area contributed by atoms with Crippen LogP contribution < -0.4 is 4.90 Å². The van der Waals surface area contributed by atoms with Gasteiger partial charge in [0.25, 0.3) is 0 Å². The Morgan fingerprint density at radius 1 is 1.26 bits per heavy atom. The van der Waals surface area contributed by atoms with Crippen LogP contribution in [0.4, 0.5) is 5.13 Å². The number of hydrogen-bond acceptors (Lipinski definition) is 7. The summed E-state index contributed by atoms with van der Waals surface area (Å²) in [6, 6.07) is 0. The van der Waals surface area contributed by atoms with Crippen molar-refractivity contribution in [3.05, 3.63) is 46.7 Å². The van der Waals surface area contributed by atoms with E-state index in [2.05, 4.69) is 36.0 Å². The lowest BCUT2D eigenvalue weighted by molar-refractivity contribution is 0.122. The lowest BCUT2D eigenvalue weighted by atomic mass is 9.93. The molecule has 0 aliphatic carbocycles. The Bertz CT molecular complexity index is 910. The number of fused-ring (bicyclic) bond motifs is 1. The summed E-state index contributed by atoms with van der Waals surface area (Å²) in [5, 5.41) is 5.46. The van der Waals surface area contributed by atoms with Gasteiger partial charge in [-0.1, -0.05) is 0 Å². The highest BCUT2D eigenvalue weighted by atomic mass is 32.1. The zero-order valence-corrected chi connectivity index (χ0v) is 16.2. The number of H-pyrrole nitrogens is 1. The first kappa shape index (κ1) is 16.9. The standard InChI is InChI=1S/C18H23N7OS/c1-23-8-13(6-22-23)15-10-24(11-16-17(15)21-12-20-16)9-14-7-19-18(27-14)25-2-4-26-5-3-25/h6-8,12,15H,2-5,9-11H2,1H3,(H,20,21). The average molecular weight is 385 g/mol. The van der Waals surface area contributed by atoms with Crippen LogP contribution in [0.25, 0.3) is 0 Å². The molecule has 5 heterocycles. The van der Waals surface area contributed by atoms with E-state index in [-0.39, 0.29) is 5.92 Å². The van der Waals surface area contributed by atoms with Crippen LogP contribution in [0.5, 0.6) is 0 Å². The van der Waals surface area contributed by atoms with Crippen molar-refractivity contribution >= 4 is 16.5 Å². The molecule has 5 rings (SSSR count). The Labute approximate surface area is 161 Å². The highest BCUT2D eigenvalue weighted by Crippen LogP contribution is 2.33. The molecule has 1 saturated heterocycles. The van der Waals surface area contributed by atoms with Crippen LogP contribution in [0.2, 0.25) is 0 Å². The highest BCUT2D eigenvalue weighted by Gasteiger charge is 2.30. The zero-order chi connectivity index (χ0) is 18.2. The number of anilines is 1. The number of aryl methyl sites for hydroxylation is 1. The number of rotatable bonds is 4. The van der Waals surface area contributed by atoms with Gasteiger partial charge in [-0.2, -0.15) is 5.10 Å². The predicted octanol–water partition coefficient (Wildman–Crippen LogP) is 1.58. The van der Waals surface area contributed by atoms with Crippen molar-refractivity contribution in [1.29, 1.82) is 0 Å². The van der Waals surface area contributed by atoms with E-state index in [1.807, 2.05) is 24.1 Å². The quantitative estimate of drug-likeness (QED) is 0.735. The van der Waals surface area contributed by atoms with Crippen LogP contribution in [-0.2, 0) is 24.9 Å². The summed E-state index contributed by atoms with van der Waals surface area (Å²) >= 11 is 1.79.